The van der Waals surface area contributed by atoms with Crippen LogP contribution < -0.4 is 0 Å². The number of thiophene rings is 1. The van der Waals surface area contributed by atoms with E-state index >= 15 is 0 Å². The maximum atomic E-state index is 13.5. The summed E-state index contributed by atoms with van der Waals surface area (Å²) in [7, 11) is 0. The van der Waals surface area contributed by atoms with Crippen molar-refractivity contribution in [1.82, 2.24) is 14.5 Å². The van der Waals surface area contributed by atoms with Crippen molar-refractivity contribution in [2.75, 3.05) is 6.54 Å². The SMILES string of the molecule is CCN(Cc1ccc(Cl)s1)Cc1nc2ccccc2n1C(F)F. The molecule has 0 atom stereocenters. The number of imidazole rings is 1. The molecule has 0 saturated carbocycles. The third-order valence-corrected chi connectivity index (χ3v) is 4.90. The Kier molecular flexibility index (Phi) is 4.94. The summed E-state index contributed by atoms with van der Waals surface area (Å²) in [5.41, 5.74) is 1.06. The average Bonchev–Trinajstić information content (AvgIpc) is 3.09. The van der Waals surface area contributed by atoms with E-state index in [-0.39, 0.29) is 0 Å². The molecule has 23 heavy (non-hydrogen) atoms. The molecular weight excluding hydrogens is 340 g/mol. The normalized spacial score (nSPS) is 11.9. The summed E-state index contributed by atoms with van der Waals surface area (Å²) in [4.78, 5) is 7.57. The lowest BCUT2D eigenvalue weighted by atomic mass is 10.3. The number of nitrogens with zero attached hydrogens (tertiary/aromatic N) is 3. The fraction of sp³-hybridized carbons (Fsp3) is 0.312. The molecule has 0 N–H and O–H groups in total. The summed E-state index contributed by atoms with van der Waals surface area (Å²) < 4.78 is 28.7. The van der Waals surface area contributed by atoms with Gasteiger partial charge < -0.3 is 0 Å². The maximum absolute atomic E-state index is 13.5. The first-order valence-electron chi connectivity index (χ1n) is 7.29. The molecule has 0 aliphatic rings. The topological polar surface area (TPSA) is 21.1 Å². The maximum Gasteiger partial charge on any atom is 0.320 e. The Morgan fingerprint density at radius 3 is 2.65 bits per heavy atom. The number of rotatable bonds is 6. The van der Waals surface area contributed by atoms with Crippen LogP contribution in [0.15, 0.2) is 36.4 Å². The molecule has 0 saturated heterocycles. The van der Waals surface area contributed by atoms with Crippen LogP contribution in [0.1, 0.15) is 24.2 Å². The van der Waals surface area contributed by atoms with Gasteiger partial charge in [-0.1, -0.05) is 30.7 Å². The zero-order chi connectivity index (χ0) is 16.4. The Labute approximate surface area is 142 Å². The first-order valence-corrected chi connectivity index (χ1v) is 8.48. The monoisotopic (exact) mass is 355 g/mol. The van der Waals surface area contributed by atoms with Crippen LogP contribution in [0.2, 0.25) is 4.34 Å². The van der Waals surface area contributed by atoms with Gasteiger partial charge in [0.2, 0.25) is 0 Å². The van der Waals surface area contributed by atoms with E-state index in [1.807, 2.05) is 19.1 Å². The van der Waals surface area contributed by atoms with Crippen LogP contribution in [0.25, 0.3) is 11.0 Å². The lowest BCUT2D eigenvalue weighted by Gasteiger charge is -2.19. The molecule has 7 heteroatoms. The van der Waals surface area contributed by atoms with Gasteiger partial charge in [0, 0.05) is 11.4 Å². The van der Waals surface area contributed by atoms with E-state index in [1.165, 1.54) is 11.3 Å². The number of hydrogen-bond donors (Lipinski definition) is 0. The largest absolute Gasteiger partial charge is 0.320 e. The van der Waals surface area contributed by atoms with Crippen molar-refractivity contribution in [3.63, 3.8) is 0 Å². The van der Waals surface area contributed by atoms with E-state index < -0.39 is 6.55 Å². The Balaban J connectivity index is 1.88. The molecule has 3 aromatic rings. The molecule has 2 heterocycles. The fourth-order valence-electron chi connectivity index (χ4n) is 2.56. The third kappa shape index (κ3) is 3.54. The molecule has 1 aromatic carbocycles. The first-order chi connectivity index (χ1) is 11.1. The van der Waals surface area contributed by atoms with Crippen LogP contribution in [-0.4, -0.2) is 21.0 Å². The predicted molar refractivity (Wildman–Crippen MR) is 90.1 cm³/mol. The van der Waals surface area contributed by atoms with Crippen LogP contribution in [0.4, 0.5) is 8.78 Å². The molecule has 0 aliphatic heterocycles. The molecule has 0 amide bonds. The van der Waals surface area contributed by atoms with E-state index in [2.05, 4.69) is 9.88 Å². The first kappa shape index (κ1) is 16.4. The molecule has 122 valence electrons. The van der Waals surface area contributed by atoms with Crippen LogP contribution in [0.3, 0.4) is 0 Å². The van der Waals surface area contributed by atoms with Gasteiger partial charge in [-0.3, -0.25) is 9.47 Å². The molecule has 3 nitrogen and oxygen atoms in total. The molecule has 0 bridgehead atoms. The number of hydrogen-bond acceptors (Lipinski definition) is 3. The number of aromatic nitrogens is 2. The lowest BCUT2D eigenvalue weighted by Crippen LogP contribution is -2.24. The van der Waals surface area contributed by atoms with Gasteiger partial charge in [-0.25, -0.2) is 4.98 Å². The highest BCUT2D eigenvalue weighted by Gasteiger charge is 2.19. The Bertz CT molecular complexity index is 800. The number of fused-ring (bicyclic) bond motifs is 1. The minimum atomic E-state index is -2.60. The van der Waals surface area contributed by atoms with E-state index in [1.54, 1.807) is 24.3 Å². The summed E-state index contributed by atoms with van der Waals surface area (Å²) in [5, 5.41) is 0. The second kappa shape index (κ2) is 6.95. The number of benzene rings is 1. The van der Waals surface area contributed by atoms with E-state index in [0.717, 1.165) is 20.3 Å². The predicted octanol–water partition coefficient (Wildman–Crippen LogP) is 5.17. The van der Waals surface area contributed by atoms with Crippen molar-refractivity contribution in [1.29, 1.82) is 0 Å². The van der Waals surface area contributed by atoms with Crippen molar-refractivity contribution in [2.24, 2.45) is 0 Å². The van der Waals surface area contributed by atoms with Gasteiger partial charge in [0.05, 0.1) is 21.9 Å². The van der Waals surface area contributed by atoms with Gasteiger partial charge in [0.1, 0.15) is 5.82 Å². The summed E-state index contributed by atoms with van der Waals surface area (Å²) in [6.07, 6.45) is 0. The van der Waals surface area contributed by atoms with Crippen LogP contribution >= 0.6 is 22.9 Å². The zero-order valence-electron chi connectivity index (χ0n) is 12.5. The zero-order valence-corrected chi connectivity index (χ0v) is 14.1. The van der Waals surface area contributed by atoms with Crippen molar-refractivity contribution in [3.05, 3.63) is 51.4 Å². The minimum absolute atomic E-state index is 0.366. The smallest absolute Gasteiger partial charge is 0.291 e. The fourth-order valence-corrected chi connectivity index (χ4v) is 3.69. The van der Waals surface area contributed by atoms with Crippen molar-refractivity contribution in [2.45, 2.75) is 26.6 Å². The highest BCUT2D eigenvalue weighted by Crippen LogP contribution is 2.26. The lowest BCUT2D eigenvalue weighted by molar-refractivity contribution is 0.0683. The summed E-state index contributed by atoms with van der Waals surface area (Å²) in [6, 6.07) is 10.8. The Hall–Kier alpha value is -1.50. The Morgan fingerprint density at radius 2 is 2.00 bits per heavy atom. The van der Waals surface area contributed by atoms with Crippen LogP contribution in [-0.2, 0) is 13.1 Å². The van der Waals surface area contributed by atoms with Crippen molar-refractivity contribution >= 4 is 34.0 Å². The molecule has 2 aromatic heterocycles. The quantitative estimate of drug-likeness (QED) is 0.608. The molecule has 0 aliphatic carbocycles. The molecule has 0 radical (unpaired) electrons. The number of alkyl halides is 2. The summed E-state index contributed by atoms with van der Waals surface area (Å²) in [6.45, 7) is 1.17. The van der Waals surface area contributed by atoms with Gasteiger partial charge in [0.25, 0.3) is 0 Å². The second-order valence-corrected chi connectivity index (χ2v) is 6.97. The molecular formula is C16H16ClF2N3S. The highest BCUT2D eigenvalue weighted by molar-refractivity contribution is 7.16. The number of para-hydroxylation sites is 2. The van der Waals surface area contributed by atoms with E-state index in [4.69, 9.17) is 11.6 Å². The van der Waals surface area contributed by atoms with Gasteiger partial charge in [-0.15, -0.1) is 11.3 Å². The van der Waals surface area contributed by atoms with Crippen LogP contribution in [0.5, 0.6) is 0 Å². The van der Waals surface area contributed by atoms with Crippen molar-refractivity contribution in [3.8, 4) is 0 Å². The van der Waals surface area contributed by atoms with Crippen molar-refractivity contribution < 1.29 is 8.78 Å². The third-order valence-electron chi connectivity index (χ3n) is 3.68. The average molecular weight is 356 g/mol. The number of halogens is 3. The van der Waals surface area contributed by atoms with Gasteiger partial charge in [-0.2, -0.15) is 8.78 Å². The van der Waals surface area contributed by atoms with Crippen LogP contribution in [0, 0.1) is 0 Å². The minimum Gasteiger partial charge on any atom is -0.291 e. The van der Waals surface area contributed by atoms with E-state index in [0.29, 0.717) is 29.9 Å². The Morgan fingerprint density at radius 1 is 1.22 bits per heavy atom. The standard InChI is InChI=1S/C16H16ClF2N3S/c1-2-21(9-11-7-8-14(17)23-11)10-15-20-12-5-3-4-6-13(12)22(15)16(18)19/h3-8,16H,2,9-10H2,1H3. The van der Waals surface area contributed by atoms with Gasteiger partial charge >= 0.3 is 6.55 Å². The van der Waals surface area contributed by atoms with Gasteiger partial charge in [-0.05, 0) is 30.8 Å². The highest BCUT2D eigenvalue weighted by atomic mass is 35.5. The summed E-state index contributed by atoms with van der Waals surface area (Å²) in [5.74, 6) is 0.380. The summed E-state index contributed by atoms with van der Waals surface area (Å²) >= 11 is 7.46. The molecule has 3 rings (SSSR count). The molecule has 0 spiro atoms. The molecule has 0 unspecified atom stereocenters. The van der Waals surface area contributed by atoms with Gasteiger partial charge in [0.15, 0.2) is 0 Å². The molecule has 0 fully saturated rings. The van der Waals surface area contributed by atoms with E-state index in [9.17, 15) is 8.78 Å². The second-order valence-electron chi connectivity index (χ2n) is 5.17.